The van der Waals surface area contributed by atoms with Crippen LogP contribution in [0.4, 0.5) is 0 Å². The van der Waals surface area contributed by atoms with E-state index in [4.69, 9.17) is 0 Å². The molecule has 2 aliphatic heterocycles. The van der Waals surface area contributed by atoms with Gasteiger partial charge in [0.25, 0.3) is 11.5 Å². The maximum atomic E-state index is 13.2. The summed E-state index contributed by atoms with van der Waals surface area (Å²) in [5.74, 6) is 0.803. The van der Waals surface area contributed by atoms with Crippen molar-refractivity contribution in [2.45, 2.75) is 58.5 Å². The molecule has 156 valence electrons. The number of nitrogens with zero attached hydrogens (tertiary/aromatic N) is 2. The molecule has 2 atom stereocenters. The highest BCUT2D eigenvalue weighted by atomic mass is 16.2. The van der Waals surface area contributed by atoms with Crippen LogP contribution in [-0.4, -0.2) is 41.1 Å². The van der Waals surface area contributed by atoms with Crippen LogP contribution < -0.4 is 10.9 Å². The van der Waals surface area contributed by atoms with Crippen LogP contribution in [0.5, 0.6) is 0 Å². The molecule has 1 aromatic heterocycles. The largest absolute Gasteiger partial charge is 0.352 e. The highest BCUT2D eigenvalue weighted by molar-refractivity contribution is 6.06. The maximum absolute atomic E-state index is 13.2. The van der Waals surface area contributed by atoms with Gasteiger partial charge in [0.05, 0.1) is 5.56 Å². The zero-order valence-corrected chi connectivity index (χ0v) is 17.7. The Bertz CT molecular complexity index is 931. The van der Waals surface area contributed by atoms with Crippen LogP contribution in [0.2, 0.25) is 0 Å². The van der Waals surface area contributed by atoms with Crippen LogP contribution in [0.25, 0.3) is 10.8 Å². The Balaban J connectivity index is 1.56. The molecule has 29 heavy (non-hydrogen) atoms. The Morgan fingerprint density at radius 2 is 1.86 bits per heavy atom. The van der Waals surface area contributed by atoms with Gasteiger partial charge in [0, 0.05) is 36.1 Å². The zero-order chi connectivity index (χ0) is 20.4. The first-order valence-electron chi connectivity index (χ1n) is 11.2. The summed E-state index contributed by atoms with van der Waals surface area (Å²) in [6.45, 7) is 7.92. The van der Waals surface area contributed by atoms with Gasteiger partial charge in [0.2, 0.25) is 0 Å². The number of benzene rings is 1. The average Bonchev–Trinajstić information content (AvgIpc) is 2.73. The summed E-state index contributed by atoms with van der Waals surface area (Å²) in [5.41, 5.74) is 0.591. The molecule has 1 amide bonds. The van der Waals surface area contributed by atoms with Gasteiger partial charge in [-0.3, -0.25) is 9.59 Å². The van der Waals surface area contributed by atoms with Gasteiger partial charge in [-0.25, -0.2) is 0 Å². The minimum Gasteiger partial charge on any atom is -0.352 e. The van der Waals surface area contributed by atoms with Gasteiger partial charge < -0.3 is 14.8 Å². The smallest absolute Gasteiger partial charge is 0.258 e. The predicted octanol–water partition coefficient (Wildman–Crippen LogP) is 3.65. The van der Waals surface area contributed by atoms with E-state index in [9.17, 15) is 9.59 Å². The number of piperidine rings is 2. The number of rotatable bonds is 5. The first-order valence-corrected chi connectivity index (χ1v) is 11.2. The van der Waals surface area contributed by atoms with E-state index in [0.29, 0.717) is 35.4 Å². The van der Waals surface area contributed by atoms with Crippen molar-refractivity contribution < 1.29 is 4.79 Å². The number of carbonyl (C=O) groups is 1. The molecule has 2 aromatic rings. The number of hydrogen-bond donors (Lipinski definition) is 1. The summed E-state index contributed by atoms with van der Waals surface area (Å²) in [5, 5.41) is 4.58. The van der Waals surface area contributed by atoms with Crippen molar-refractivity contribution in [2.75, 3.05) is 19.6 Å². The van der Waals surface area contributed by atoms with Crippen LogP contribution >= 0.6 is 0 Å². The van der Waals surface area contributed by atoms with E-state index in [0.717, 1.165) is 11.9 Å². The van der Waals surface area contributed by atoms with Crippen molar-refractivity contribution in [3.63, 3.8) is 0 Å². The number of aromatic nitrogens is 1. The molecule has 3 heterocycles. The quantitative estimate of drug-likeness (QED) is 0.841. The fourth-order valence-electron chi connectivity index (χ4n) is 5.19. The maximum Gasteiger partial charge on any atom is 0.258 e. The lowest BCUT2D eigenvalue weighted by Crippen LogP contribution is -2.51. The van der Waals surface area contributed by atoms with Gasteiger partial charge in [-0.15, -0.1) is 0 Å². The second kappa shape index (κ2) is 8.70. The third-order valence-corrected chi connectivity index (χ3v) is 6.55. The molecule has 5 nitrogen and oxygen atoms in total. The highest BCUT2D eigenvalue weighted by Gasteiger charge is 2.33. The number of pyridine rings is 1. The first-order chi connectivity index (χ1) is 14.0. The number of fused-ring (bicyclic) bond motifs is 2. The fraction of sp³-hybridized carbons (Fsp3) is 0.583. The van der Waals surface area contributed by atoms with E-state index in [2.05, 4.69) is 24.1 Å². The minimum absolute atomic E-state index is 0.0176. The third-order valence-electron chi connectivity index (χ3n) is 6.55. The summed E-state index contributed by atoms with van der Waals surface area (Å²) in [7, 11) is 0. The van der Waals surface area contributed by atoms with Crippen molar-refractivity contribution >= 4 is 16.7 Å². The van der Waals surface area contributed by atoms with E-state index >= 15 is 0 Å². The number of hydrogen-bond acceptors (Lipinski definition) is 3. The number of nitrogens with one attached hydrogen (secondary N) is 1. The topological polar surface area (TPSA) is 54.3 Å². The van der Waals surface area contributed by atoms with Gasteiger partial charge in [0.15, 0.2) is 0 Å². The van der Waals surface area contributed by atoms with Crippen molar-refractivity contribution in [3.05, 3.63) is 46.4 Å². The Morgan fingerprint density at radius 3 is 2.66 bits per heavy atom. The fourth-order valence-corrected chi connectivity index (χ4v) is 5.19. The van der Waals surface area contributed by atoms with E-state index in [1.54, 1.807) is 10.8 Å². The van der Waals surface area contributed by atoms with E-state index < -0.39 is 0 Å². The lowest BCUT2D eigenvalue weighted by atomic mass is 9.83. The van der Waals surface area contributed by atoms with Crippen LogP contribution in [0.1, 0.15) is 56.3 Å². The van der Waals surface area contributed by atoms with Crippen molar-refractivity contribution in [3.8, 4) is 0 Å². The lowest BCUT2D eigenvalue weighted by Gasteiger charge is -2.44. The average molecular weight is 396 g/mol. The van der Waals surface area contributed by atoms with Crippen molar-refractivity contribution in [2.24, 2.45) is 11.8 Å². The first kappa shape index (κ1) is 20.1. The number of carbonyl (C=O) groups excluding carboxylic acids is 1. The van der Waals surface area contributed by atoms with Crippen LogP contribution in [0, 0.1) is 11.8 Å². The molecule has 0 spiro atoms. The van der Waals surface area contributed by atoms with Crippen LogP contribution in [0.15, 0.2) is 35.3 Å². The molecular formula is C24H33N3O2. The molecule has 1 N–H and O–H groups in total. The Labute approximate surface area is 173 Å². The molecule has 0 aliphatic carbocycles. The van der Waals surface area contributed by atoms with Crippen molar-refractivity contribution in [1.29, 1.82) is 0 Å². The summed E-state index contributed by atoms with van der Waals surface area (Å²) in [6, 6.07) is 8.09. The molecule has 4 rings (SSSR count). The molecule has 0 unspecified atom stereocenters. The van der Waals surface area contributed by atoms with Gasteiger partial charge in [-0.2, -0.15) is 0 Å². The molecular weight excluding hydrogens is 362 g/mol. The Morgan fingerprint density at radius 1 is 1.10 bits per heavy atom. The third kappa shape index (κ3) is 4.25. The van der Waals surface area contributed by atoms with E-state index in [1.165, 1.54) is 45.2 Å². The van der Waals surface area contributed by atoms with Gasteiger partial charge in [-0.1, -0.05) is 38.5 Å². The standard InChI is InChI=1S/C24H33N3O2/c1-17(2)15-27-16-21(19-9-3-4-10-20(19)24(27)29)23(28)25-14-18-8-7-13-26-12-6-5-11-22(18)26/h3-4,9-10,16-18,22H,5-8,11-15H2,1-2H3,(H,25,28)/t18-,22+/m0/s1. The van der Waals surface area contributed by atoms with E-state index in [1.807, 2.05) is 24.3 Å². The summed E-state index contributed by atoms with van der Waals surface area (Å²) in [6.07, 6.45) is 8.03. The zero-order valence-electron chi connectivity index (χ0n) is 17.7. The minimum atomic E-state index is -0.0633. The lowest BCUT2D eigenvalue weighted by molar-refractivity contribution is 0.0576. The van der Waals surface area contributed by atoms with Gasteiger partial charge in [-0.05, 0) is 56.7 Å². The molecule has 2 aliphatic rings. The SMILES string of the molecule is CC(C)Cn1cc(C(=O)NC[C@@H]2CCCN3CCCC[C@H]23)c2ccccc2c1=O. The Kier molecular flexibility index (Phi) is 6.04. The predicted molar refractivity (Wildman–Crippen MR) is 117 cm³/mol. The normalized spacial score (nSPS) is 22.6. The van der Waals surface area contributed by atoms with Gasteiger partial charge >= 0.3 is 0 Å². The molecule has 2 saturated heterocycles. The van der Waals surface area contributed by atoms with Gasteiger partial charge in [0.1, 0.15) is 0 Å². The van der Waals surface area contributed by atoms with Crippen LogP contribution in [0.3, 0.4) is 0 Å². The Hall–Kier alpha value is -2.14. The molecule has 0 radical (unpaired) electrons. The summed E-state index contributed by atoms with van der Waals surface area (Å²) < 4.78 is 1.70. The van der Waals surface area contributed by atoms with Crippen LogP contribution in [-0.2, 0) is 6.54 Å². The summed E-state index contributed by atoms with van der Waals surface area (Å²) >= 11 is 0. The molecule has 5 heteroatoms. The number of amides is 1. The second-order valence-electron chi connectivity index (χ2n) is 9.15. The molecule has 0 saturated carbocycles. The van der Waals surface area contributed by atoms with Crippen molar-refractivity contribution in [1.82, 2.24) is 14.8 Å². The molecule has 2 fully saturated rings. The molecule has 0 bridgehead atoms. The summed E-state index contributed by atoms with van der Waals surface area (Å²) in [4.78, 5) is 28.6. The van der Waals surface area contributed by atoms with E-state index in [-0.39, 0.29) is 11.5 Å². The second-order valence-corrected chi connectivity index (χ2v) is 9.15. The highest BCUT2D eigenvalue weighted by Crippen LogP contribution is 2.30. The molecule has 1 aromatic carbocycles. The monoisotopic (exact) mass is 395 g/mol.